The molecule has 3 nitrogen and oxygen atoms in total. The van der Waals surface area contributed by atoms with E-state index in [0.717, 1.165) is 23.2 Å². The van der Waals surface area contributed by atoms with Crippen molar-refractivity contribution in [1.82, 2.24) is 9.38 Å². The number of fused-ring (bicyclic) bond motifs is 1. The van der Waals surface area contributed by atoms with Crippen LogP contribution in [0.1, 0.15) is 10.5 Å². The zero-order valence-electron chi connectivity index (χ0n) is 9.38. The van der Waals surface area contributed by atoms with Crippen LogP contribution in [0.4, 0.5) is 0 Å². The molecule has 0 bridgehead atoms. The van der Waals surface area contributed by atoms with Crippen LogP contribution >= 0.6 is 11.6 Å². The van der Waals surface area contributed by atoms with E-state index in [4.69, 9.17) is 11.6 Å². The highest BCUT2D eigenvalue weighted by Gasteiger charge is 2.11. The summed E-state index contributed by atoms with van der Waals surface area (Å²) in [5, 5.41) is 0.646. The van der Waals surface area contributed by atoms with Gasteiger partial charge in [-0.05, 0) is 24.3 Å². The number of rotatable bonds is 2. The third kappa shape index (κ3) is 1.69. The fourth-order valence-electron chi connectivity index (χ4n) is 1.98. The van der Waals surface area contributed by atoms with Crippen molar-refractivity contribution in [2.45, 2.75) is 0 Å². The third-order valence-electron chi connectivity index (χ3n) is 2.77. The lowest BCUT2D eigenvalue weighted by Crippen LogP contribution is -1.87. The zero-order chi connectivity index (χ0) is 12.5. The Balaban J connectivity index is 2.33. The van der Waals surface area contributed by atoms with E-state index in [1.54, 1.807) is 0 Å². The first kappa shape index (κ1) is 11.0. The van der Waals surface area contributed by atoms with Crippen LogP contribution in [0.2, 0.25) is 5.02 Å². The molecule has 3 aromatic rings. The Bertz CT molecular complexity index is 733. The van der Waals surface area contributed by atoms with E-state index >= 15 is 0 Å². The Morgan fingerprint density at radius 3 is 2.83 bits per heavy atom. The third-order valence-corrected chi connectivity index (χ3v) is 3.01. The van der Waals surface area contributed by atoms with Gasteiger partial charge in [0.05, 0.1) is 5.52 Å². The first-order chi connectivity index (χ1) is 8.79. The molecule has 88 valence electrons. The van der Waals surface area contributed by atoms with Gasteiger partial charge in [0.25, 0.3) is 0 Å². The molecule has 0 saturated carbocycles. The van der Waals surface area contributed by atoms with E-state index in [1.165, 1.54) is 0 Å². The van der Waals surface area contributed by atoms with Crippen LogP contribution in [0.25, 0.3) is 16.9 Å². The minimum Gasteiger partial charge on any atom is -0.299 e. The van der Waals surface area contributed by atoms with Gasteiger partial charge in [0, 0.05) is 16.8 Å². The fourth-order valence-corrected chi connectivity index (χ4v) is 2.17. The molecule has 0 aliphatic carbocycles. The van der Waals surface area contributed by atoms with E-state index < -0.39 is 0 Å². The zero-order valence-corrected chi connectivity index (χ0v) is 10.1. The molecule has 0 atom stereocenters. The minimum atomic E-state index is 0.436. The summed E-state index contributed by atoms with van der Waals surface area (Å²) in [5.74, 6) is 0.718. The van der Waals surface area contributed by atoms with Crippen LogP contribution in [0.5, 0.6) is 0 Å². The molecule has 0 radical (unpaired) electrons. The van der Waals surface area contributed by atoms with Crippen molar-refractivity contribution in [3.05, 3.63) is 59.4 Å². The number of carbonyl (C=O) groups excluding carboxylic acids is 1. The Morgan fingerprint density at radius 1 is 1.17 bits per heavy atom. The van der Waals surface area contributed by atoms with Gasteiger partial charge in [-0.3, -0.25) is 9.20 Å². The lowest BCUT2D eigenvalue weighted by molar-refractivity contribution is 0.112. The average molecular weight is 257 g/mol. The number of nitrogens with zero attached hydrogens (tertiary/aromatic N) is 2. The van der Waals surface area contributed by atoms with Crippen molar-refractivity contribution in [2.75, 3.05) is 0 Å². The van der Waals surface area contributed by atoms with Crippen LogP contribution in [0, 0.1) is 0 Å². The largest absolute Gasteiger partial charge is 0.299 e. The molecule has 0 aliphatic heterocycles. The van der Waals surface area contributed by atoms with Crippen molar-refractivity contribution >= 4 is 23.4 Å². The molecule has 0 spiro atoms. The molecule has 2 heterocycles. The topological polar surface area (TPSA) is 34.4 Å². The SMILES string of the molecule is O=Cc1nc(-c2cccc(Cl)c2)n2ccccc12. The molecule has 3 rings (SSSR count). The van der Waals surface area contributed by atoms with E-state index in [0.29, 0.717) is 10.7 Å². The van der Waals surface area contributed by atoms with E-state index in [2.05, 4.69) is 4.98 Å². The molecule has 4 heteroatoms. The van der Waals surface area contributed by atoms with Crippen LogP contribution < -0.4 is 0 Å². The van der Waals surface area contributed by atoms with Crippen LogP contribution in [-0.2, 0) is 0 Å². The van der Waals surface area contributed by atoms with Crippen molar-refractivity contribution in [2.24, 2.45) is 0 Å². The van der Waals surface area contributed by atoms with Gasteiger partial charge in [-0.2, -0.15) is 0 Å². The van der Waals surface area contributed by atoms with Crippen LogP contribution in [-0.4, -0.2) is 15.7 Å². The van der Waals surface area contributed by atoms with E-state index in [9.17, 15) is 4.79 Å². The summed E-state index contributed by atoms with van der Waals surface area (Å²) in [4.78, 5) is 15.4. The second-order valence-corrected chi connectivity index (χ2v) is 4.34. The number of hydrogen-bond acceptors (Lipinski definition) is 2. The first-order valence-corrected chi connectivity index (χ1v) is 5.85. The fraction of sp³-hybridized carbons (Fsp3) is 0. The summed E-state index contributed by atoms with van der Waals surface area (Å²) >= 11 is 5.98. The summed E-state index contributed by atoms with van der Waals surface area (Å²) < 4.78 is 1.88. The number of benzene rings is 1. The quantitative estimate of drug-likeness (QED) is 0.658. The highest BCUT2D eigenvalue weighted by Crippen LogP contribution is 2.24. The van der Waals surface area contributed by atoms with Gasteiger partial charge in [0.15, 0.2) is 6.29 Å². The molecule has 0 N–H and O–H groups in total. The number of halogens is 1. The van der Waals surface area contributed by atoms with Gasteiger partial charge in [0.2, 0.25) is 0 Å². The molecule has 2 aromatic heterocycles. The Labute approximate surface area is 109 Å². The van der Waals surface area contributed by atoms with Crippen LogP contribution in [0.3, 0.4) is 0 Å². The molecule has 0 aliphatic rings. The van der Waals surface area contributed by atoms with E-state index in [-0.39, 0.29) is 0 Å². The van der Waals surface area contributed by atoms with Crippen LogP contribution in [0.15, 0.2) is 48.7 Å². The summed E-state index contributed by atoms with van der Waals surface area (Å²) in [6.45, 7) is 0. The Morgan fingerprint density at radius 2 is 2.06 bits per heavy atom. The summed E-state index contributed by atoms with van der Waals surface area (Å²) in [6.07, 6.45) is 2.65. The Kier molecular flexibility index (Phi) is 2.61. The highest BCUT2D eigenvalue weighted by molar-refractivity contribution is 6.30. The number of aromatic nitrogens is 2. The van der Waals surface area contributed by atoms with Crippen molar-refractivity contribution < 1.29 is 4.79 Å². The monoisotopic (exact) mass is 256 g/mol. The maximum atomic E-state index is 11.0. The van der Waals surface area contributed by atoms with Gasteiger partial charge < -0.3 is 0 Å². The number of hydrogen-bond donors (Lipinski definition) is 0. The average Bonchev–Trinajstić information content (AvgIpc) is 2.77. The second-order valence-electron chi connectivity index (χ2n) is 3.90. The second kappa shape index (κ2) is 4.27. The van der Waals surface area contributed by atoms with Gasteiger partial charge in [-0.1, -0.05) is 29.8 Å². The molecule has 0 saturated heterocycles. The normalized spacial score (nSPS) is 10.7. The maximum absolute atomic E-state index is 11.0. The summed E-state index contributed by atoms with van der Waals surface area (Å²) in [6, 6.07) is 13.1. The molecule has 18 heavy (non-hydrogen) atoms. The molecule has 0 amide bonds. The van der Waals surface area contributed by atoms with Crippen molar-refractivity contribution in [3.8, 4) is 11.4 Å². The maximum Gasteiger partial charge on any atom is 0.170 e. The number of aldehydes is 1. The van der Waals surface area contributed by atoms with Crippen molar-refractivity contribution in [3.63, 3.8) is 0 Å². The minimum absolute atomic E-state index is 0.436. The molecule has 0 unspecified atom stereocenters. The predicted octanol–water partition coefficient (Wildman–Crippen LogP) is 3.47. The van der Waals surface area contributed by atoms with Gasteiger partial charge in [-0.15, -0.1) is 0 Å². The van der Waals surface area contributed by atoms with Gasteiger partial charge in [0.1, 0.15) is 11.5 Å². The van der Waals surface area contributed by atoms with Gasteiger partial charge in [-0.25, -0.2) is 4.98 Å². The van der Waals surface area contributed by atoms with Crippen molar-refractivity contribution in [1.29, 1.82) is 0 Å². The molecular weight excluding hydrogens is 248 g/mol. The molecular formula is C14H9ClN2O. The van der Waals surface area contributed by atoms with Gasteiger partial charge >= 0.3 is 0 Å². The predicted molar refractivity (Wildman–Crippen MR) is 71.0 cm³/mol. The number of imidazole rings is 1. The number of carbonyl (C=O) groups is 1. The molecule has 1 aromatic carbocycles. The van der Waals surface area contributed by atoms with E-state index in [1.807, 2.05) is 53.1 Å². The number of pyridine rings is 1. The smallest absolute Gasteiger partial charge is 0.170 e. The standard InChI is InChI=1S/C14H9ClN2O/c15-11-5-3-4-10(8-11)14-16-12(9-18)13-6-1-2-7-17(13)14/h1-9H. The molecule has 0 fully saturated rings. The summed E-state index contributed by atoms with van der Waals surface area (Å²) in [7, 11) is 0. The Hall–Kier alpha value is -2.13. The lowest BCUT2D eigenvalue weighted by Gasteiger charge is -2.01. The summed E-state index contributed by atoms with van der Waals surface area (Å²) in [5.41, 5.74) is 2.12. The lowest BCUT2D eigenvalue weighted by atomic mass is 10.2. The first-order valence-electron chi connectivity index (χ1n) is 5.48. The highest BCUT2D eigenvalue weighted by atomic mass is 35.5.